The summed E-state index contributed by atoms with van der Waals surface area (Å²) in [5.74, 6) is 0. The van der Waals surface area contributed by atoms with Gasteiger partial charge >= 0.3 is 6.18 Å². The van der Waals surface area contributed by atoms with Crippen LogP contribution in [-0.2, 0) is 0 Å². The van der Waals surface area contributed by atoms with E-state index in [1.165, 1.54) is 6.20 Å². The Hall–Kier alpha value is -1.24. The highest BCUT2D eigenvalue weighted by Crippen LogP contribution is 2.21. The van der Waals surface area contributed by atoms with Crippen LogP contribution in [0.15, 0.2) is 11.0 Å². The van der Waals surface area contributed by atoms with Gasteiger partial charge in [0.25, 0.3) is 5.56 Å². The van der Waals surface area contributed by atoms with Crippen molar-refractivity contribution < 1.29 is 13.2 Å². The van der Waals surface area contributed by atoms with E-state index in [0.29, 0.717) is 0 Å². The summed E-state index contributed by atoms with van der Waals surface area (Å²) in [4.78, 5) is 11.7. The second-order valence-corrected chi connectivity index (χ2v) is 4.39. The molecule has 0 bridgehead atoms. The molecule has 0 aliphatic carbocycles. The van der Waals surface area contributed by atoms with E-state index in [0.717, 1.165) is 4.68 Å². The summed E-state index contributed by atoms with van der Waals surface area (Å²) in [6.07, 6.45) is -4.00. The largest absolute Gasteiger partial charge is 0.390 e. The first kappa shape index (κ1) is 14.8. The van der Waals surface area contributed by atoms with E-state index in [9.17, 15) is 18.0 Å². The Labute approximate surface area is 107 Å². The minimum Gasteiger partial charge on any atom is -0.382 e. The van der Waals surface area contributed by atoms with Gasteiger partial charge in [-0.25, -0.2) is 4.68 Å². The Morgan fingerprint density at radius 2 is 2.11 bits per heavy atom. The molecule has 1 aromatic rings. The lowest BCUT2D eigenvalue weighted by molar-refractivity contribution is -0.131. The molecule has 0 saturated carbocycles. The van der Waals surface area contributed by atoms with Crippen LogP contribution < -0.4 is 10.9 Å². The van der Waals surface area contributed by atoms with E-state index in [2.05, 4.69) is 10.4 Å². The molecule has 0 spiro atoms. The third-order valence-electron chi connectivity index (χ3n) is 2.16. The fraction of sp³-hybridized carbons (Fsp3) is 0.600. The molecule has 0 radical (unpaired) electrons. The Morgan fingerprint density at radius 1 is 1.50 bits per heavy atom. The molecule has 8 heteroatoms. The van der Waals surface area contributed by atoms with Gasteiger partial charge in [-0.05, 0) is 13.8 Å². The van der Waals surface area contributed by atoms with E-state index in [4.69, 9.17) is 11.6 Å². The lowest BCUT2D eigenvalue weighted by Gasteiger charge is -2.12. The number of aromatic nitrogens is 2. The number of hydrogen-bond donors (Lipinski definition) is 1. The first-order valence-corrected chi connectivity index (χ1v) is 5.68. The second kappa shape index (κ2) is 5.60. The summed E-state index contributed by atoms with van der Waals surface area (Å²) in [5, 5.41) is 6.13. The Kier molecular flexibility index (Phi) is 4.61. The van der Waals surface area contributed by atoms with Crippen LogP contribution in [0.3, 0.4) is 0 Å². The molecule has 0 amide bonds. The minimum atomic E-state index is -4.25. The van der Waals surface area contributed by atoms with Crippen molar-refractivity contribution in [1.82, 2.24) is 9.78 Å². The molecule has 0 atom stereocenters. The average Bonchev–Trinajstić information content (AvgIpc) is 2.22. The smallest absolute Gasteiger partial charge is 0.382 e. The molecule has 0 aliphatic rings. The Morgan fingerprint density at radius 3 is 2.61 bits per heavy atom. The fourth-order valence-corrected chi connectivity index (χ4v) is 1.48. The maximum Gasteiger partial charge on any atom is 0.390 e. The highest BCUT2D eigenvalue weighted by atomic mass is 35.5. The summed E-state index contributed by atoms with van der Waals surface area (Å²) in [5.41, 5.74) is -0.411. The Balaban J connectivity index is 2.80. The molecule has 0 unspecified atom stereocenters. The predicted molar refractivity (Wildman–Crippen MR) is 63.1 cm³/mol. The van der Waals surface area contributed by atoms with Crippen molar-refractivity contribution in [2.24, 2.45) is 0 Å². The van der Waals surface area contributed by atoms with Crippen molar-refractivity contribution in [2.45, 2.75) is 32.5 Å². The van der Waals surface area contributed by atoms with Crippen LogP contribution in [-0.4, -0.2) is 22.5 Å². The lowest BCUT2D eigenvalue weighted by atomic mass is 10.3. The SMILES string of the molecule is CC(C)n1ncc(NCCC(F)(F)F)c(Cl)c1=O. The molecular formula is C10H13ClF3N3O. The minimum absolute atomic E-state index is 0.114. The van der Waals surface area contributed by atoms with Gasteiger partial charge in [0.2, 0.25) is 0 Å². The summed E-state index contributed by atoms with van der Waals surface area (Å²) >= 11 is 5.78. The van der Waals surface area contributed by atoms with Gasteiger partial charge < -0.3 is 5.32 Å². The van der Waals surface area contributed by atoms with Crippen LogP contribution in [0.25, 0.3) is 0 Å². The van der Waals surface area contributed by atoms with E-state index in [-0.39, 0.29) is 23.3 Å². The van der Waals surface area contributed by atoms with Crippen LogP contribution in [0, 0.1) is 0 Å². The van der Waals surface area contributed by atoms with Gasteiger partial charge in [-0.15, -0.1) is 0 Å². The van der Waals surface area contributed by atoms with Crippen LogP contribution in [0.5, 0.6) is 0 Å². The van der Waals surface area contributed by atoms with Gasteiger partial charge in [-0.2, -0.15) is 18.3 Å². The van der Waals surface area contributed by atoms with Gasteiger partial charge in [0.15, 0.2) is 0 Å². The summed E-state index contributed by atoms with van der Waals surface area (Å²) in [6, 6.07) is -0.167. The number of nitrogens with one attached hydrogen (secondary N) is 1. The molecule has 4 nitrogen and oxygen atoms in total. The molecular weight excluding hydrogens is 271 g/mol. The van der Waals surface area contributed by atoms with E-state index in [1.54, 1.807) is 13.8 Å². The zero-order valence-corrected chi connectivity index (χ0v) is 10.6. The summed E-state index contributed by atoms with van der Waals surface area (Å²) in [7, 11) is 0. The third-order valence-corrected chi connectivity index (χ3v) is 2.52. The van der Waals surface area contributed by atoms with Gasteiger partial charge in [-0.3, -0.25) is 4.79 Å². The molecule has 0 fully saturated rings. The van der Waals surface area contributed by atoms with Gasteiger partial charge in [0.1, 0.15) is 5.02 Å². The molecule has 1 heterocycles. The highest BCUT2D eigenvalue weighted by Gasteiger charge is 2.26. The Bertz CT molecular complexity index is 470. The average molecular weight is 284 g/mol. The molecule has 1 rings (SSSR count). The maximum absolute atomic E-state index is 12.0. The first-order chi connectivity index (χ1) is 8.22. The van der Waals surface area contributed by atoms with Crippen LogP contribution in [0.2, 0.25) is 5.02 Å². The number of rotatable bonds is 4. The number of alkyl halides is 3. The lowest BCUT2D eigenvalue weighted by Crippen LogP contribution is -2.26. The van der Waals surface area contributed by atoms with Gasteiger partial charge in [0.05, 0.1) is 24.3 Å². The number of anilines is 1. The molecule has 0 aromatic carbocycles. The maximum atomic E-state index is 12.0. The predicted octanol–water partition coefficient (Wildman–Crippen LogP) is 2.84. The van der Waals surface area contributed by atoms with Crippen molar-refractivity contribution >= 4 is 17.3 Å². The topological polar surface area (TPSA) is 46.9 Å². The second-order valence-electron chi connectivity index (χ2n) is 4.01. The van der Waals surface area contributed by atoms with Crippen LogP contribution in [0.1, 0.15) is 26.3 Å². The highest BCUT2D eigenvalue weighted by molar-refractivity contribution is 6.32. The molecule has 1 aromatic heterocycles. The quantitative estimate of drug-likeness (QED) is 0.924. The molecule has 1 N–H and O–H groups in total. The third kappa shape index (κ3) is 3.90. The summed E-state index contributed by atoms with van der Waals surface area (Å²) in [6.45, 7) is 3.15. The first-order valence-electron chi connectivity index (χ1n) is 5.30. The zero-order chi connectivity index (χ0) is 13.9. The summed E-state index contributed by atoms with van der Waals surface area (Å²) < 4.78 is 37.0. The van der Waals surface area contributed by atoms with Crippen molar-refractivity contribution in [3.63, 3.8) is 0 Å². The zero-order valence-electron chi connectivity index (χ0n) is 9.88. The van der Waals surface area contributed by atoms with E-state index < -0.39 is 18.2 Å². The van der Waals surface area contributed by atoms with Crippen molar-refractivity contribution in [3.05, 3.63) is 21.6 Å². The fourth-order valence-electron chi connectivity index (χ4n) is 1.27. The molecule has 102 valence electrons. The van der Waals surface area contributed by atoms with Crippen LogP contribution in [0.4, 0.5) is 18.9 Å². The number of hydrogen-bond acceptors (Lipinski definition) is 3. The van der Waals surface area contributed by atoms with Gasteiger partial charge in [0, 0.05) is 6.54 Å². The van der Waals surface area contributed by atoms with Crippen molar-refractivity contribution in [3.8, 4) is 0 Å². The molecule has 0 aliphatic heterocycles. The van der Waals surface area contributed by atoms with E-state index >= 15 is 0 Å². The standard InChI is InChI=1S/C10H13ClF3N3O/c1-6(2)17-9(18)8(11)7(5-16-17)15-4-3-10(12,13)14/h5-6,15H,3-4H2,1-2H3. The number of halogens is 4. The van der Waals surface area contributed by atoms with Crippen molar-refractivity contribution in [1.29, 1.82) is 0 Å². The van der Waals surface area contributed by atoms with E-state index in [1.807, 2.05) is 0 Å². The van der Waals surface area contributed by atoms with Crippen molar-refractivity contribution in [2.75, 3.05) is 11.9 Å². The monoisotopic (exact) mass is 283 g/mol. The molecule has 0 saturated heterocycles. The van der Waals surface area contributed by atoms with Crippen LogP contribution >= 0.6 is 11.6 Å². The van der Waals surface area contributed by atoms with Gasteiger partial charge in [-0.1, -0.05) is 11.6 Å². The molecule has 18 heavy (non-hydrogen) atoms. The normalized spacial score (nSPS) is 11.9. The number of nitrogens with zero attached hydrogens (tertiary/aromatic N) is 2.